The fraction of sp³-hybridized carbons (Fsp3) is 0.167. The van der Waals surface area contributed by atoms with E-state index in [0.717, 1.165) is 22.0 Å². The molecule has 0 aliphatic rings. The topological polar surface area (TPSA) is 66.9 Å². The Morgan fingerprint density at radius 1 is 1.00 bits per heavy atom. The van der Waals surface area contributed by atoms with Gasteiger partial charge in [0.25, 0.3) is 0 Å². The first-order valence-corrected chi connectivity index (χ1v) is 8.60. The van der Waals surface area contributed by atoms with Gasteiger partial charge in [-0.25, -0.2) is 9.78 Å². The van der Waals surface area contributed by atoms with Gasteiger partial charge in [-0.3, -0.25) is 4.98 Å². The van der Waals surface area contributed by atoms with Crippen LogP contribution in [0.2, 0.25) is 0 Å². The fourth-order valence-corrected chi connectivity index (χ4v) is 3.04. The van der Waals surface area contributed by atoms with Crippen LogP contribution in [0.4, 0.5) is 4.79 Å². The largest absolute Gasteiger partial charge is 0.338 e. The number of rotatable bonds is 6. The van der Waals surface area contributed by atoms with Gasteiger partial charge in [-0.2, -0.15) is 0 Å². The third-order valence-corrected chi connectivity index (χ3v) is 4.34. The Labute approximate surface area is 144 Å². The summed E-state index contributed by atoms with van der Waals surface area (Å²) in [4.78, 5) is 20.5. The second-order valence-corrected chi connectivity index (χ2v) is 6.05. The molecule has 3 rings (SSSR count). The van der Waals surface area contributed by atoms with E-state index in [1.807, 2.05) is 53.9 Å². The molecule has 2 heterocycles. The van der Waals surface area contributed by atoms with Crippen molar-refractivity contribution in [2.45, 2.75) is 13.0 Å². The monoisotopic (exact) mass is 338 g/mol. The zero-order valence-corrected chi connectivity index (χ0v) is 13.9. The molecule has 1 aromatic carbocycles. The number of hydrogen-bond donors (Lipinski definition) is 2. The Kier molecular flexibility index (Phi) is 5.52. The zero-order valence-electron chi connectivity index (χ0n) is 13.1. The van der Waals surface area contributed by atoms with Crippen LogP contribution in [0.25, 0.3) is 10.6 Å². The third kappa shape index (κ3) is 4.63. The Morgan fingerprint density at radius 3 is 2.62 bits per heavy atom. The first-order valence-electron chi connectivity index (χ1n) is 7.73. The van der Waals surface area contributed by atoms with Gasteiger partial charge >= 0.3 is 6.03 Å². The molecular formula is C18H18N4OS. The Morgan fingerprint density at radius 2 is 1.83 bits per heavy atom. The molecule has 24 heavy (non-hydrogen) atoms. The van der Waals surface area contributed by atoms with Gasteiger partial charge in [0.15, 0.2) is 0 Å². The van der Waals surface area contributed by atoms with Gasteiger partial charge in [0.1, 0.15) is 5.01 Å². The highest BCUT2D eigenvalue weighted by Gasteiger charge is 2.05. The van der Waals surface area contributed by atoms with Crippen LogP contribution in [-0.4, -0.2) is 22.5 Å². The number of pyridine rings is 1. The van der Waals surface area contributed by atoms with E-state index in [2.05, 4.69) is 20.6 Å². The van der Waals surface area contributed by atoms with Gasteiger partial charge in [-0.05, 0) is 12.1 Å². The maximum atomic E-state index is 11.8. The molecule has 2 aromatic heterocycles. The molecule has 0 fully saturated rings. The molecule has 0 saturated heterocycles. The highest BCUT2D eigenvalue weighted by atomic mass is 32.1. The molecule has 0 unspecified atom stereocenters. The van der Waals surface area contributed by atoms with Crippen molar-refractivity contribution in [2.75, 3.05) is 6.54 Å². The van der Waals surface area contributed by atoms with E-state index >= 15 is 0 Å². The molecule has 122 valence electrons. The van der Waals surface area contributed by atoms with Crippen LogP contribution >= 0.6 is 11.3 Å². The number of nitrogens with one attached hydrogen (secondary N) is 2. The maximum absolute atomic E-state index is 11.8. The van der Waals surface area contributed by atoms with Gasteiger partial charge in [0.05, 0.1) is 17.9 Å². The molecule has 2 amide bonds. The Balaban J connectivity index is 1.42. The summed E-state index contributed by atoms with van der Waals surface area (Å²) in [5, 5.41) is 8.67. The standard InChI is InChI=1S/C18H18N4OS/c23-18(21-12-15-8-4-5-10-19-15)20-11-9-16-13-24-17(22-16)14-6-2-1-3-7-14/h1-8,10,13H,9,11-12H2,(H2,20,21,23). The number of hydrogen-bond acceptors (Lipinski definition) is 4. The highest BCUT2D eigenvalue weighted by Crippen LogP contribution is 2.23. The average molecular weight is 338 g/mol. The number of amides is 2. The fourth-order valence-electron chi connectivity index (χ4n) is 2.18. The number of benzene rings is 1. The molecule has 5 nitrogen and oxygen atoms in total. The molecule has 0 bridgehead atoms. The van der Waals surface area contributed by atoms with Crippen molar-refractivity contribution in [3.63, 3.8) is 0 Å². The van der Waals surface area contributed by atoms with Crippen LogP contribution < -0.4 is 10.6 Å². The Bertz CT molecular complexity index is 774. The summed E-state index contributed by atoms with van der Waals surface area (Å²) in [5.74, 6) is 0. The van der Waals surface area contributed by atoms with Crippen molar-refractivity contribution in [1.82, 2.24) is 20.6 Å². The summed E-state index contributed by atoms with van der Waals surface area (Å²) in [5.41, 5.74) is 2.94. The lowest BCUT2D eigenvalue weighted by Crippen LogP contribution is -2.36. The van der Waals surface area contributed by atoms with Gasteiger partial charge in [0, 0.05) is 30.1 Å². The van der Waals surface area contributed by atoms with E-state index in [-0.39, 0.29) is 6.03 Å². The number of aromatic nitrogens is 2. The predicted molar refractivity (Wildman–Crippen MR) is 95.7 cm³/mol. The minimum Gasteiger partial charge on any atom is -0.338 e. The van der Waals surface area contributed by atoms with Crippen molar-refractivity contribution in [2.24, 2.45) is 0 Å². The van der Waals surface area contributed by atoms with E-state index < -0.39 is 0 Å². The van der Waals surface area contributed by atoms with Crippen molar-refractivity contribution in [1.29, 1.82) is 0 Å². The second kappa shape index (κ2) is 8.21. The lowest BCUT2D eigenvalue weighted by molar-refractivity contribution is 0.240. The lowest BCUT2D eigenvalue weighted by atomic mass is 10.2. The van der Waals surface area contributed by atoms with Gasteiger partial charge < -0.3 is 10.6 Å². The normalized spacial score (nSPS) is 10.3. The quantitative estimate of drug-likeness (QED) is 0.725. The zero-order chi connectivity index (χ0) is 16.6. The summed E-state index contributed by atoms with van der Waals surface area (Å²) >= 11 is 1.62. The number of carbonyl (C=O) groups is 1. The first-order chi connectivity index (χ1) is 11.8. The summed E-state index contributed by atoms with van der Waals surface area (Å²) in [6.45, 7) is 0.966. The van der Waals surface area contributed by atoms with Crippen LogP contribution in [0.15, 0.2) is 60.1 Å². The molecule has 6 heteroatoms. The number of thiazole rings is 1. The van der Waals surface area contributed by atoms with E-state index in [0.29, 0.717) is 19.5 Å². The summed E-state index contributed by atoms with van der Waals surface area (Å²) in [6, 6.07) is 15.5. The number of nitrogens with zero attached hydrogens (tertiary/aromatic N) is 2. The first kappa shape index (κ1) is 16.1. The molecule has 3 aromatic rings. The molecule has 2 N–H and O–H groups in total. The third-order valence-electron chi connectivity index (χ3n) is 3.40. The van der Waals surface area contributed by atoms with Crippen LogP contribution in [0, 0.1) is 0 Å². The summed E-state index contributed by atoms with van der Waals surface area (Å²) < 4.78 is 0. The van der Waals surface area contributed by atoms with E-state index in [1.165, 1.54) is 0 Å². The molecule has 0 spiro atoms. The molecule has 0 radical (unpaired) electrons. The van der Waals surface area contributed by atoms with E-state index in [9.17, 15) is 4.79 Å². The SMILES string of the molecule is O=C(NCCc1csc(-c2ccccc2)n1)NCc1ccccn1. The molecule has 0 aliphatic carbocycles. The summed E-state index contributed by atoms with van der Waals surface area (Å²) in [7, 11) is 0. The van der Waals surface area contributed by atoms with Gasteiger partial charge in [-0.1, -0.05) is 36.4 Å². The van der Waals surface area contributed by atoms with Crippen LogP contribution in [-0.2, 0) is 13.0 Å². The average Bonchev–Trinajstić information content (AvgIpc) is 3.11. The van der Waals surface area contributed by atoms with Gasteiger partial charge in [0.2, 0.25) is 0 Å². The summed E-state index contributed by atoms with van der Waals surface area (Å²) in [6.07, 6.45) is 2.42. The molecule has 0 atom stereocenters. The lowest BCUT2D eigenvalue weighted by Gasteiger charge is -2.06. The van der Waals surface area contributed by atoms with Crippen LogP contribution in [0.1, 0.15) is 11.4 Å². The van der Waals surface area contributed by atoms with Crippen molar-refractivity contribution >= 4 is 17.4 Å². The molecule has 0 saturated carbocycles. The van der Waals surface area contributed by atoms with E-state index in [1.54, 1.807) is 17.5 Å². The van der Waals surface area contributed by atoms with E-state index in [4.69, 9.17) is 0 Å². The second-order valence-electron chi connectivity index (χ2n) is 5.19. The minimum atomic E-state index is -0.195. The number of carbonyl (C=O) groups excluding carboxylic acids is 1. The van der Waals surface area contributed by atoms with Gasteiger partial charge in [-0.15, -0.1) is 11.3 Å². The van der Waals surface area contributed by atoms with Crippen molar-refractivity contribution in [3.8, 4) is 10.6 Å². The maximum Gasteiger partial charge on any atom is 0.315 e. The van der Waals surface area contributed by atoms with Crippen LogP contribution in [0.3, 0.4) is 0 Å². The van der Waals surface area contributed by atoms with Crippen molar-refractivity contribution in [3.05, 3.63) is 71.5 Å². The van der Waals surface area contributed by atoms with Crippen molar-refractivity contribution < 1.29 is 4.79 Å². The highest BCUT2D eigenvalue weighted by molar-refractivity contribution is 7.13. The van der Waals surface area contributed by atoms with Crippen LogP contribution in [0.5, 0.6) is 0 Å². The molecule has 0 aliphatic heterocycles. The Hall–Kier alpha value is -2.73. The number of urea groups is 1. The molecular weight excluding hydrogens is 320 g/mol. The minimum absolute atomic E-state index is 0.195. The predicted octanol–water partition coefficient (Wildman–Crippen LogP) is 3.25. The smallest absolute Gasteiger partial charge is 0.315 e.